The Kier molecular flexibility index (Phi) is 14.6. The van der Waals surface area contributed by atoms with Crippen molar-refractivity contribution < 1.29 is 47.6 Å². The number of aliphatic hydroxyl groups excluding tert-OH is 1. The second-order valence-corrected chi connectivity index (χ2v) is 18.5. The molecular formula is C43H55N4O11PS. The number of aromatic nitrogens is 2. The predicted molar refractivity (Wildman–Crippen MR) is 228 cm³/mol. The highest BCUT2D eigenvalue weighted by atomic mass is 32.2. The van der Waals surface area contributed by atoms with Crippen LogP contribution in [0.5, 0.6) is 11.5 Å². The zero-order chi connectivity index (χ0) is 43.1. The molecule has 0 radical (unpaired) electrons. The van der Waals surface area contributed by atoms with E-state index in [1.54, 1.807) is 25.0 Å². The first-order valence-corrected chi connectivity index (χ1v) is 22.3. The molecule has 2 fully saturated rings. The molecule has 3 heterocycles. The highest BCUT2D eigenvalue weighted by molar-refractivity contribution is 8.13. The molecule has 2 unspecified atom stereocenters. The first kappa shape index (κ1) is 45.4. The minimum Gasteiger partial charge on any atom is -0.497 e. The number of nitrogens with one attached hydrogen (secondary N) is 1. The van der Waals surface area contributed by atoms with E-state index in [1.807, 2.05) is 99.6 Å². The Balaban J connectivity index is 1.25. The van der Waals surface area contributed by atoms with Gasteiger partial charge in [-0.1, -0.05) is 87.1 Å². The maximum absolute atomic E-state index is 14.3. The van der Waals surface area contributed by atoms with Crippen molar-refractivity contribution >= 4 is 30.4 Å². The average Bonchev–Trinajstić information content (AvgIpc) is 3.50. The summed E-state index contributed by atoms with van der Waals surface area (Å²) in [5.41, 5.74) is -1.85. The minimum atomic E-state index is -3.98. The molecule has 0 amide bonds. The number of carbonyl (C=O) groups is 1. The third-order valence-corrected chi connectivity index (χ3v) is 14.4. The number of hydrogen-bond acceptors (Lipinski definition) is 14. The van der Waals surface area contributed by atoms with Crippen LogP contribution in [0, 0.1) is 5.41 Å². The van der Waals surface area contributed by atoms with Gasteiger partial charge in [-0.25, -0.2) is 14.0 Å². The summed E-state index contributed by atoms with van der Waals surface area (Å²) in [7, 11) is -0.790. The van der Waals surface area contributed by atoms with Gasteiger partial charge in [0, 0.05) is 30.5 Å². The molecular weight excluding hydrogens is 812 g/mol. The van der Waals surface area contributed by atoms with E-state index < -0.39 is 55.0 Å². The molecule has 2 aliphatic rings. The third-order valence-electron chi connectivity index (χ3n) is 11.1. The monoisotopic (exact) mass is 866 g/mol. The number of aliphatic hydroxyl groups is 2. The standard InChI is InChI=1S/C43H55N4O11PS/c1-7-41(2,3)39(49)60-28-27-56-59(52,46-23-25-55-26-24-46)57-29-35-37(48)42(4,51)38(58-35)47-22-21-36(44-40(47)50)45-43(30-11-9-8-10-12-30,31-13-17-33(53-5)18-14-31)32-15-19-34(54-6)20-16-32/h8-22,35,37-38,48,51H,7,23-29H2,1-6H3,(H,44,45,50)/t35-,37?,38-,42+,59?/m1/s1. The van der Waals surface area contributed by atoms with Crippen molar-refractivity contribution in [2.24, 2.45) is 5.41 Å². The molecule has 0 saturated carbocycles. The Morgan fingerprint density at radius 1 is 0.950 bits per heavy atom. The summed E-state index contributed by atoms with van der Waals surface area (Å²) < 4.78 is 51.2. The molecule has 2 saturated heterocycles. The molecule has 17 heteroatoms. The number of methoxy groups -OCH3 is 2. The molecule has 324 valence electrons. The molecule has 2 aliphatic heterocycles. The van der Waals surface area contributed by atoms with Crippen molar-refractivity contribution in [1.29, 1.82) is 0 Å². The summed E-state index contributed by atoms with van der Waals surface area (Å²) in [5.74, 6) is 1.81. The van der Waals surface area contributed by atoms with E-state index in [0.29, 0.717) is 31.1 Å². The number of morpholine rings is 1. The minimum absolute atomic E-state index is 0.00465. The van der Waals surface area contributed by atoms with Gasteiger partial charge in [-0.2, -0.15) is 4.98 Å². The van der Waals surface area contributed by atoms with E-state index in [-0.39, 0.29) is 36.4 Å². The molecule has 1 aromatic heterocycles. The molecule has 60 heavy (non-hydrogen) atoms. The number of thioether (sulfide) groups is 1. The summed E-state index contributed by atoms with van der Waals surface area (Å²) >= 11 is 1.11. The van der Waals surface area contributed by atoms with Crippen molar-refractivity contribution in [2.75, 3.05) is 64.8 Å². The van der Waals surface area contributed by atoms with Crippen molar-refractivity contribution in [2.45, 2.75) is 63.7 Å². The summed E-state index contributed by atoms with van der Waals surface area (Å²) in [6.45, 7) is 7.71. The summed E-state index contributed by atoms with van der Waals surface area (Å²) in [5, 5.41) is 26.6. The molecule has 4 aromatic rings. The zero-order valence-corrected chi connectivity index (χ0v) is 36.5. The predicted octanol–water partition coefficient (Wildman–Crippen LogP) is 5.84. The Labute approximate surface area is 354 Å². The average molecular weight is 867 g/mol. The fourth-order valence-electron chi connectivity index (χ4n) is 7.11. The van der Waals surface area contributed by atoms with Gasteiger partial charge in [0.15, 0.2) is 11.3 Å². The van der Waals surface area contributed by atoms with E-state index in [2.05, 4.69) is 10.3 Å². The zero-order valence-electron chi connectivity index (χ0n) is 34.8. The topological polar surface area (TPSA) is 180 Å². The van der Waals surface area contributed by atoms with Crippen LogP contribution in [0.15, 0.2) is 95.9 Å². The highest BCUT2D eigenvalue weighted by Gasteiger charge is 2.54. The third kappa shape index (κ3) is 9.67. The Morgan fingerprint density at radius 3 is 2.08 bits per heavy atom. The van der Waals surface area contributed by atoms with Crippen LogP contribution in [0.2, 0.25) is 0 Å². The number of hydrogen-bond donors (Lipinski definition) is 3. The van der Waals surface area contributed by atoms with Crippen molar-refractivity contribution in [1.82, 2.24) is 14.2 Å². The molecule has 15 nitrogen and oxygen atoms in total. The number of rotatable bonds is 18. The fourth-order valence-corrected chi connectivity index (χ4v) is 9.83. The van der Waals surface area contributed by atoms with Gasteiger partial charge in [0.2, 0.25) is 0 Å². The number of anilines is 1. The Hall–Kier alpha value is -4.09. The lowest BCUT2D eigenvalue weighted by atomic mass is 9.77. The van der Waals surface area contributed by atoms with E-state index >= 15 is 0 Å². The van der Waals surface area contributed by atoms with Crippen LogP contribution in [0.3, 0.4) is 0 Å². The summed E-state index contributed by atoms with van der Waals surface area (Å²) in [4.78, 5) is 31.0. The van der Waals surface area contributed by atoms with Gasteiger partial charge >= 0.3 is 13.4 Å². The molecule has 3 aromatic carbocycles. The van der Waals surface area contributed by atoms with Gasteiger partial charge in [0.25, 0.3) is 0 Å². The molecule has 6 rings (SSSR count). The summed E-state index contributed by atoms with van der Waals surface area (Å²) in [6, 6.07) is 26.5. The van der Waals surface area contributed by atoms with Crippen LogP contribution in [0.1, 0.15) is 57.0 Å². The summed E-state index contributed by atoms with van der Waals surface area (Å²) in [6.07, 6.45) is -2.07. The van der Waals surface area contributed by atoms with E-state index in [0.717, 1.165) is 33.0 Å². The number of ether oxygens (including phenoxy) is 4. The van der Waals surface area contributed by atoms with E-state index in [4.69, 9.17) is 28.0 Å². The van der Waals surface area contributed by atoms with E-state index in [1.165, 1.54) is 13.1 Å². The molecule has 5 atom stereocenters. The highest BCUT2D eigenvalue weighted by Crippen LogP contribution is 2.53. The maximum Gasteiger partial charge on any atom is 0.408 e. The molecule has 0 bridgehead atoms. The number of benzene rings is 3. The normalized spacial score (nSPS) is 22.2. The first-order valence-electron chi connectivity index (χ1n) is 19.9. The van der Waals surface area contributed by atoms with Crippen LogP contribution in [0.25, 0.3) is 0 Å². The smallest absolute Gasteiger partial charge is 0.408 e. The number of nitrogens with zero attached hydrogens (tertiary/aromatic N) is 3. The van der Waals surface area contributed by atoms with Crippen LogP contribution in [-0.2, 0) is 33.4 Å². The Bertz CT molecular complexity index is 2100. The lowest BCUT2D eigenvalue weighted by Gasteiger charge is -2.37. The van der Waals surface area contributed by atoms with Crippen molar-refractivity contribution in [3.8, 4) is 11.5 Å². The van der Waals surface area contributed by atoms with Crippen LogP contribution in [-0.4, -0.2) is 107 Å². The van der Waals surface area contributed by atoms with Crippen LogP contribution >= 0.6 is 19.5 Å². The van der Waals surface area contributed by atoms with Crippen LogP contribution in [0.4, 0.5) is 5.82 Å². The van der Waals surface area contributed by atoms with Gasteiger partial charge in [-0.3, -0.25) is 18.4 Å². The SMILES string of the molecule is CCC(C)(C)C(=O)SCCOP(=O)(OC[C@H]1O[C@@H](n2ccc(NC(c3ccccc3)(c3ccc(OC)cc3)c3ccc(OC)cc3)nc2=O)[C@@](C)(O)C1O)N1CCOCC1. The lowest BCUT2D eigenvalue weighted by Crippen LogP contribution is -2.46. The van der Waals surface area contributed by atoms with Gasteiger partial charge in [0.05, 0.1) is 40.6 Å². The first-order chi connectivity index (χ1) is 28.7. The second-order valence-electron chi connectivity index (χ2n) is 15.4. The molecule has 0 spiro atoms. The quantitative estimate of drug-likeness (QED) is 0.0616. The Morgan fingerprint density at radius 2 is 1.53 bits per heavy atom. The second kappa shape index (κ2) is 19.3. The van der Waals surface area contributed by atoms with Crippen LogP contribution < -0.4 is 20.5 Å². The van der Waals surface area contributed by atoms with Gasteiger partial charge < -0.3 is 34.5 Å². The van der Waals surface area contributed by atoms with Gasteiger partial charge in [-0.05, 0) is 60.4 Å². The number of carbonyl (C=O) groups excluding carboxylic acids is 1. The maximum atomic E-state index is 14.3. The van der Waals surface area contributed by atoms with E-state index in [9.17, 15) is 24.4 Å². The molecule has 0 aliphatic carbocycles. The van der Waals surface area contributed by atoms with Crippen molar-refractivity contribution in [3.05, 3.63) is 118 Å². The largest absolute Gasteiger partial charge is 0.497 e. The molecule has 3 N–H and O–H groups in total. The van der Waals surface area contributed by atoms with Crippen molar-refractivity contribution in [3.63, 3.8) is 0 Å². The van der Waals surface area contributed by atoms with Gasteiger partial charge in [0.1, 0.15) is 40.7 Å². The lowest BCUT2D eigenvalue weighted by molar-refractivity contribution is -0.118. The fraction of sp³-hybridized carbons (Fsp3) is 0.465. The van der Waals surface area contributed by atoms with Gasteiger partial charge in [-0.15, -0.1) is 0 Å².